The summed E-state index contributed by atoms with van der Waals surface area (Å²) in [7, 11) is 0. The first-order valence-corrected chi connectivity index (χ1v) is 3.85. The van der Waals surface area contributed by atoms with Crippen LogP contribution in [0.25, 0.3) is 5.69 Å². The Labute approximate surface area is 88.8 Å². The Balaban J connectivity index is 2.87. The molecule has 2 rings (SSSR count). The highest BCUT2D eigenvalue weighted by Crippen LogP contribution is 2.18. The van der Waals surface area contributed by atoms with Crippen LogP contribution in [0.5, 0.6) is 0 Å². The maximum Gasteiger partial charge on any atom is 0.0860 e. The smallest absolute Gasteiger partial charge is 0.0860 e. The van der Waals surface area contributed by atoms with Gasteiger partial charge in [0.1, 0.15) is 0 Å². The first kappa shape index (κ1) is 3.00. The maximum absolute atomic E-state index is 7.80. The van der Waals surface area contributed by atoms with Crippen LogP contribution in [-0.4, -0.2) is 9.78 Å². The van der Waals surface area contributed by atoms with Crippen LogP contribution in [0.2, 0.25) is 0 Å². The Morgan fingerprint density at radius 2 is 2.17 bits per heavy atom. The zero-order valence-electron chi connectivity index (χ0n) is 12.8. The molecule has 0 unspecified atom stereocenters. The van der Waals surface area contributed by atoms with Gasteiger partial charge in [0.2, 0.25) is 0 Å². The van der Waals surface area contributed by atoms with Gasteiger partial charge in [0.05, 0.1) is 15.3 Å². The summed E-state index contributed by atoms with van der Waals surface area (Å²) in [6, 6.07) is -1.96. The summed E-state index contributed by atoms with van der Waals surface area (Å²) in [5.74, 6) is 0. The van der Waals surface area contributed by atoms with Gasteiger partial charge < -0.3 is 0 Å². The SMILES string of the molecule is [2H]c1nn(-c2c([2H])c([2H])c([2H])c([2H])c2Br)c([2H])c1[2H]. The van der Waals surface area contributed by atoms with Crippen LogP contribution >= 0.6 is 15.9 Å². The largest absolute Gasteiger partial charge is 0.240 e. The molecule has 60 valence electrons. The van der Waals surface area contributed by atoms with Gasteiger partial charge >= 0.3 is 0 Å². The minimum absolute atomic E-state index is 0.0366. The van der Waals surface area contributed by atoms with E-state index in [1.54, 1.807) is 0 Å². The van der Waals surface area contributed by atoms with E-state index in [9.17, 15) is 0 Å². The van der Waals surface area contributed by atoms with Gasteiger partial charge in [-0.2, -0.15) is 5.10 Å². The number of hydrogen-bond acceptors (Lipinski definition) is 1. The van der Waals surface area contributed by atoms with Crippen LogP contribution in [0.15, 0.2) is 47.0 Å². The summed E-state index contributed by atoms with van der Waals surface area (Å²) in [4.78, 5) is 0. The van der Waals surface area contributed by atoms with Crippen molar-refractivity contribution in [2.75, 3.05) is 0 Å². The van der Waals surface area contributed by atoms with Crippen molar-refractivity contribution in [1.29, 1.82) is 0 Å². The molecule has 0 radical (unpaired) electrons. The molecule has 2 nitrogen and oxygen atoms in total. The van der Waals surface area contributed by atoms with Crippen molar-refractivity contribution in [3.8, 4) is 5.69 Å². The Morgan fingerprint density at radius 1 is 1.33 bits per heavy atom. The summed E-state index contributed by atoms with van der Waals surface area (Å²) >= 11 is 3.04. The third kappa shape index (κ3) is 1.28. The average Bonchev–Trinajstić information content (AvgIpc) is 2.62. The lowest BCUT2D eigenvalue weighted by Gasteiger charge is -2.02. The van der Waals surface area contributed by atoms with Gasteiger partial charge in [-0.3, -0.25) is 0 Å². The van der Waals surface area contributed by atoms with Gasteiger partial charge in [0.25, 0.3) is 0 Å². The molecule has 0 spiro atoms. The van der Waals surface area contributed by atoms with Crippen LogP contribution in [-0.2, 0) is 0 Å². The number of halogens is 1. The Hall–Kier alpha value is -1.09. The number of hydrogen-bond donors (Lipinski definition) is 0. The molecule has 12 heavy (non-hydrogen) atoms. The molecule has 2 aromatic rings. The third-order valence-corrected chi connectivity index (χ3v) is 1.78. The molecule has 0 atom stereocenters. The second-order valence-corrected chi connectivity index (χ2v) is 2.72. The number of aromatic nitrogens is 2. The van der Waals surface area contributed by atoms with E-state index in [0.717, 1.165) is 4.68 Å². The highest BCUT2D eigenvalue weighted by atomic mass is 79.9. The number of benzene rings is 1. The van der Waals surface area contributed by atoms with Crippen LogP contribution in [0.4, 0.5) is 0 Å². The summed E-state index contributed by atoms with van der Waals surface area (Å²) < 4.78 is 53.9. The lowest BCUT2D eigenvalue weighted by atomic mass is 10.3. The van der Waals surface area contributed by atoms with Crippen molar-refractivity contribution in [3.05, 3.63) is 47.0 Å². The van der Waals surface area contributed by atoms with E-state index in [2.05, 4.69) is 21.0 Å². The molecule has 3 heteroatoms. The second kappa shape index (κ2) is 3.11. The summed E-state index contributed by atoms with van der Waals surface area (Å²) in [6.45, 7) is 0. The van der Waals surface area contributed by atoms with Gasteiger partial charge in [0, 0.05) is 16.8 Å². The molecule has 0 fully saturated rings. The topological polar surface area (TPSA) is 17.8 Å². The van der Waals surface area contributed by atoms with Crippen molar-refractivity contribution in [3.63, 3.8) is 0 Å². The van der Waals surface area contributed by atoms with Crippen LogP contribution in [0.1, 0.15) is 9.60 Å². The number of rotatable bonds is 1. The average molecular weight is 230 g/mol. The molecule has 0 aliphatic heterocycles. The van der Waals surface area contributed by atoms with E-state index in [0.29, 0.717) is 0 Å². The zero-order chi connectivity index (χ0) is 14.5. The highest BCUT2D eigenvalue weighted by molar-refractivity contribution is 9.10. The minimum atomic E-state index is -0.462. The molecule has 0 saturated heterocycles. The lowest BCUT2D eigenvalue weighted by molar-refractivity contribution is 0.876. The van der Waals surface area contributed by atoms with E-state index in [1.807, 2.05) is 0 Å². The summed E-state index contributed by atoms with van der Waals surface area (Å²) in [5, 5.41) is 3.64. The van der Waals surface area contributed by atoms with Gasteiger partial charge in [-0.25, -0.2) is 4.68 Å². The van der Waals surface area contributed by atoms with Crippen molar-refractivity contribution >= 4 is 15.9 Å². The fourth-order valence-corrected chi connectivity index (χ4v) is 1.09. The van der Waals surface area contributed by atoms with Gasteiger partial charge in [-0.05, 0) is 34.1 Å². The molecule has 1 aromatic carbocycles. The van der Waals surface area contributed by atoms with Gasteiger partial charge in [-0.15, -0.1) is 0 Å². The maximum atomic E-state index is 7.80. The molecule has 0 N–H and O–H groups in total. The predicted octanol–water partition coefficient (Wildman–Crippen LogP) is 2.63. The minimum Gasteiger partial charge on any atom is -0.240 e. The fraction of sp³-hybridized carbons (Fsp3) is 0. The Bertz CT molecular complexity index is 653. The quantitative estimate of drug-likeness (QED) is 0.736. The number of para-hydroxylation sites is 1. The van der Waals surface area contributed by atoms with Crippen LogP contribution < -0.4 is 0 Å². The predicted molar refractivity (Wildman–Crippen MR) is 51.3 cm³/mol. The molecule has 0 aliphatic rings. The van der Waals surface area contributed by atoms with Crippen molar-refractivity contribution in [2.24, 2.45) is 0 Å². The molecule has 1 heterocycles. The fourth-order valence-electron chi connectivity index (χ4n) is 0.720. The zero-order valence-corrected chi connectivity index (χ0v) is 7.36. The lowest BCUT2D eigenvalue weighted by Crippen LogP contribution is -1.94. The number of nitrogens with zero attached hydrogens (tertiary/aromatic N) is 2. The van der Waals surface area contributed by atoms with E-state index in [-0.39, 0.29) is 22.2 Å². The molecule has 0 aliphatic carbocycles. The van der Waals surface area contributed by atoms with Gasteiger partial charge in [-0.1, -0.05) is 12.1 Å². The molecule has 0 amide bonds. The standard InChI is InChI=1S/C9H7BrN2/c10-8-4-1-2-5-9(8)12-7-3-6-11-12/h1-7H/i1D,2D,3D,4D,5D,6D,7D. The van der Waals surface area contributed by atoms with Crippen LogP contribution in [0, 0.1) is 0 Å². The normalized spacial score (nSPS) is 18.2. The third-order valence-electron chi connectivity index (χ3n) is 1.20. The van der Waals surface area contributed by atoms with Crippen molar-refractivity contribution < 1.29 is 9.60 Å². The van der Waals surface area contributed by atoms with E-state index >= 15 is 0 Å². The Morgan fingerprint density at radius 3 is 2.92 bits per heavy atom. The van der Waals surface area contributed by atoms with Gasteiger partial charge in [0.15, 0.2) is 0 Å². The highest BCUT2D eigenvalue weighted by Gasteiger charge is 1.98. The molecular formula is C9H7BrN2. The molecule has 1 aromatic heterocycles. The van der Waals surface area contributed by atoms with E-state index in [1.165, 1.54) is 0 Å². The Kier molecular flexibility index (Phi) is 0.776. The second-order valence-electron chi connectivity index (χ2n) is 1.92. The first-order chi connectivity index (χ1) is 8.77. The monoisotopic (exact) mass is 229 g/mol. The molecular weight excluding hydrogens is 216 g/mol. The van der Waals surface area contributed by atoms with E-state index < -0.39 is 30.5 Å². The summed E-state index contributed by atoms with van der Waals surface area (Å²) in [6.07, 6.45) is -0.833. The summed E-state index contributed by atoms with van der Waals surface area (Å²) in [5.41, 5.74) is -0.0806. The van der Waals surface area contributed by atoms with Crippen molar-refractivity contribution in [2.45, 2.75) is 0 Å². The van der Waals surface area contributed by atoms with Crippen molar-refractivity contribution in [1.82, 2.24) is 9.78 Å². The van der Waals surface area contributed by atoms with E-state index in [4.69, 9.17) is 9.60 Å². The van der Waals surface area contributed by atoms with Crippen LogP contribution in [0.3, 0.4) is 0 Å². The first-order valence-electron chi connectivity index (χ1n) is 6.56. The molecule has 0 saturated carbocycles. The molecule has 0 bridgehead atoms.